The topological polar surface area (TPSA) is 117 Å². The van der Waals surface area contributed by atoms with Gasteiger partial charge < -0.3 is 20.7 Å². The van der Waals surface area contributed by atoms with Crippen LogP contribution in [0.25, 0.3) is 0 Å². The molecule has 2 aromatic rings. The highest BCUT2D eigenvalue weighted by Crippen LogP contribution is 2.39. The summed E-state index contributed by atoms with van der Waals surface area (Å²) in [6, 6.07) is 3.73. The zero-order valence-corrected chi connectivity index (χ0v) is 26.6. The van der Waals surface area contributed by atoms with Crippen LogP contribution in [-0.2, 0) is 17.8 Å². The van der Waals surface area contributed by atoms with Crippen LogP contribution >= 0.6 is 23.2 Å². The monoisotopic (exact) mass is 740 g/mol. The van der Waals surface area contributed by atoms with Gasteiger partial charge >= 0.3 is 12.4 Å². The van der Waals surface area contributed by atoms with E-state index in [-0.39, 0.29) is 77.2 Å². The predicted octanol–water partition coefficient (Wildman–Crippen LogP) is 7.14. The first-order chi connectivity index (χ1) is 23.0. The molecule has 3 N–H and O–H groups in total. The van der Waals surface area contributed by atoms with Crippen LogP contribution in [0.15, 0.2) is 39.8 Å². The van der Waals surface area contributed by atoms with Gasteiger partial charge in [-0.2, -0.15) is 31.3 Å². The molecule has 264 valence electrons. The van der Waals surface area contributed by atoms with Crippen LogP contribution in [0, 0.1) is 5.92 Å². The minimum atomic E-state index is -4.68. The first kappa shape index (κ1) is 36.3. The number of carbonyl (C=O) groups is 2. The second-order valence-electron chi connectivity index (χ2n) is 11.4. The first-order valence-electron chi connectivity index (χ1n) is 14.7. The number of rotatable bonds is 9. The van der Waals surface area contributed by atoms with E-state index in [1.807, 2.05) is 0 Å². The van der Waals surface area contributed by atoms with Crippen molar-refractivity contribution in [3.63, 3.8) is 0 Å². The maximum absolute atomic E-state index is 13.2. The summed E-state index contributed by atoms with van der Waals surface area (Å²) in [5.74, 6) is -3.17. The molecule has 3 aliphatic rings. The highest BCUT2D eigenvalue weighted by atomic mass is 35.5. The number of pyridine rings is 1. The Morgan fingerprint density at radius 2 is 1.73 bits per heavy atom. The molecule has 0 spiro atoms. The van der Waals surface area contributed by atoms with Gasteiger partial charge in [-0.1, -0.05) is 29.3 Å². The number of amidine groups is 1. The SMILES string of the molecule is O=C(NCc1ccc(Cl)c(NC2=Nc3nc(OCC(F)F)c(C(=O)NC4CCC(C(F)(F)F)CC4)cc3C2)c1Cl)C1=CC(C(F)(F)F)=NC1. The van der Waals surface area contributed by atoms with Crippen LogP contribution in [0.3, 0.4) is 0 Å². The van der Waals surface area contributed by atoms with Gasteiger partial charge in [-0.25, -0.2) is 13.8 Å². The number of ether oxygens (including phenoxy) is 1. The third-order valence-corrected chi connectivity index (χ3v) is 8.70. The Morgan fingerprint density at radius 3 is 2.37 bits per heavy atom. The smallest absolute Gasteiger partial charge is 0.432 e. The average Bonchev–Trinajstić information content (AvgIpc) is 3.68. The number of nitrogens with zero attached hydrogens (tertiary/aromatic N) is 3. The van der Waals surface area contributed by atoms with Gasteiger partial charge in [0.25, 0.3) is 12.3 Å². The Hall–Kier alpha value is -3.99. The van der Waals surface area contributed by atoms with E-state index < -0.39 is 67.3 Å². The molecule has 3 heterocycles. The summed E-state index contributed by atoms with van der Waals surface area (Å²) in [5.41, 5.74) is -0.649. The quantitative estimate of drug-likeness (QED) is 0.237. The number of carbonyl (C=O) groups excluding carboxylic acids is 2. The molecule has 5 rings (SSSR count). The normalized spacial score (nSPS) is 19.2. The standard InChI is InChI=1S/C30H26Cl2F8N6O3/c31-19-6-1-13(10-42-26(47)15-8-20(41-11-15)30(38,39)40)23(32)24(19)44-22-9-14-7-18(28(46-25(14)45-22)49-12-21(33)34)27(48)43-17-4-2-16(3-5-17)29(35,36)37/h1,6-8,16-17,21H,2-5,9-12H2,(H,42,47)(H,43,48)(H,44,45,46). The molecule has 9 nitrogen and oxygen atoms in total. The van der Waals surface area contributed by atoms with E-state index in [0.29, 0.717) is 17.2 Å². The molecule has 1 aromatic carbocycles. The molecular formula is C30H26Cl2F8N6O3. The van der Waals surface area contributed by atoms with Crippen molar-refractivity contribution in [1.29, 1.82) is 0 Å². The number of benzene rings is 1. The largest absolute Gasteiger partial charge is 0.471 e. The minimum absolute atomic E-state index is 0.0370. The summed E-state index contributed by atoms with van der Waals surface area (Å²) in [7, 11) is 0. The van der Waals surface area contributed by atoms with E-state index in [9.17, 15) is 44.7 Å². The number of halogens is 10. The van der Waals surface area contributed by atoms with E-state index >= 15 is 0 Å². The third kappa shape index (κ3) is 8.79. The first-order valence-corrected chi connectivity index (χ1v) is 15.5. The number of amides is 2. The number of nitrogens with one attached hydrogen (secondary N) is 3. The summed E-state index contributed by atoms with van der Waals surface area (Å²) in [5, 5.41) is 8.28. The fourth-order valence-electron chi connectivity index (χ4n) is 5.43. The average molecular weight is 741 g/mol. The molecule has 1 fully saturated rings. The molecule has 0 atom stereocenters. The minimum Gasteiger partial charge on any atom is -0.471 e. The molecule has 49 heavy (non-hydrogen) atoms. The van der Waals surface area contributed by atoms with Gasteiger partial charge in [0.15, 0.2) is 12.4 Å². The lowest BCUT2D eigenvalue weighted by atomic mass is 9.85. The Balaban J connectivity index is 1.28. The summed E-state index contributed by atoms with van der Waals surface area (Å²) < 4.78 is 109. The van der Waals surface area contributed by atoms with Crippen molar-refractivity contribution in [3.05, 3.63) is 56.6 Å². The second-order valence-corrected chi connectivity index (χ2v) is 12.2. The summed E-state index contributed by atoms with van der Waals surface area (Å²) in [6.07, 6.45) is -11.4. The van der Waals surface area contributed by atoms with Crippen LogP contribution in [0.4, 0.5) is 46.6 Å². The molecule has 1 saturated carbocycles. The number of anilines is 1. The van der Waals surface area contributed by atoms with Crippen molar-refractivity contribution in [3.8, 4) is 5.88 Å². The van der Waals surface area contributed by atoms with E-state index in [1.54, 1.807) is 0 Å². The number of hydrogen-bond acceptors (Lipinski definition) is 7. The number of allylic oxidation sites excluding steroid dienone is 1. The van der Waals surface area contributed by atoms with Gasteiger partial charge in [0, 0.05) is 30.1 Å². The molecule has 1 aromatic heterocycles. The Kier molecular flexibility index (Phi) is 10.7. The molecular weight excluding hydrogens is 715 g/mol. The van der Waals surface area contributed by atoms with Crippen LogP contribution in [0.5, 0.6) is 5.88 Å². The Bertz CT molecular complexity index is 1720. The molecule has 2 aliphatic heterocycles. The molecule has 1 aliphatic carbocycles. The maximum Gasteiger partial charge on any atom is 0.432 e. The molecule has 0 unspecified atom stereocenters. The fourth-order valence-corrected chi connectivity index (χ4v) is 5.97. The van der Waals surface area contributed by atoms with Gasteiger partial charge in [0.2, 0.25) is 11.8 Å². The van der Waals surface area contributed by atoms with Crippen LogP contribution in [0.1, 0.15) is 47.2 Å². The van der Waals surface area contributed by atoms with Gasteiger partial charge in [-0.05, 0) is 49.5 Å². The number of alkyl halides is 8. The zero-order chi connectivity index (χ0) is 35.7. The van der Waals surface area contributed by atoms with Crippen LogP contribution in [0.2, 0.25) is 10.0 Å². The third-order valence-electron chi connectivity index (χ3n) is 7.95. The lowest BCUT2D eigenvalue weighted by Crippen LogP contribution is -2.40. The highest BCUT2D eigenvalue weighted by molar-refractivity contribution is 6.40. The lowest BCUT2D eigenvalue weighted by molar-refractivity contribution is -0.182. The lowest BCUT2D eigenvalue weighted by Gasteiger charge is -2.30. The number of fused-ring (bicyclic) bond motifs is 1. The van der Waals surface area contributed by atoms with Crippen molar-refractivity contribution in [2.45, 2.75) is 63.5 Å². The molecule has 19 heteroatoms. The molecule has 2 amide bonds. The second kappa shape index (κ2) is 14.5. The van der Waals surface area contributed by atoms with Gasteiger partial charge in [0.05, 0.1) is 28.2 Å². The van der Waals surface area contributed by atoms with Gasteiger partial charge in [-0.15, -0.1) is 0 Å². The van der Waals surface area contributed by atoms with Crippen molar-refractivity contribution in [2.75, 3.05) is 18.5 Å². The Labute approximate surface area is 283 Å². The van der Waals surface area contributed by atoms with Gasteiger partial charge in [-0.3, -0.25) is 14.6 Å². The summed E-state index contributed by atoms with van der Waals surface area (Å²) in [6.45, 7) is -1.70. The van der Waals surface area contributed by atoms with E-state index in [2.05, 4.69) is 30.9 Å². The number of hydrogen-bond donors (Lipinski definition) is 3. The highest BCUT2D eigenvalue weighted by Gasteiger charge is 2.42. The Morgan fingerprint density at radius 1 is 1.02 bits per heavy atom. The van der Waals surface area contributed by atoms with Crippen molar-refractivity contribution in [1.82, 2.24) is 15.6 Å². The van der Waals surface area contributed by atoms with E-state index in [0.717, 1.165) is 0 Å². The number of aromatic nitrogens is 1. The van der Waals surface area contributed by atoms with Crippen molar-refractivity contribution in [2.24, 2.45) is 15.9 Å². The maximum atomic E-state index is 13.2. The van der Waals surface area contributed by atoms with Crippen LogP contribution in [-0.4, -0.2) is 66.3 Å². The predicted molar refractivity (Wildman–Crippen MR) is 164 cm³/mol. The van der Waals surface area contributed by atoms with E-state index in [1.165, 1.54) is 18.2 Å². The van der Waals surface area contributed by atoms with Gasteiger partial charge in [0.1, 0.15) is 17.1 Å². The molecule has 0 bridgehead atoms. The zero-order valence-electron chi connectivity index (χ0n) is 25.0. The molecule has 0 saturated heterocycles. The van der Waals surface area contributed by atoms with Crippen molar-refractivity contribution < 1.29 is 49.4 Å². The fraction of sp³-hybridized carbons (Fsp3) is 0.433. The molecule has 0 radical (unpaired) electrons. The van der Waals surface area contributed by atoms with Crippen molar-refractivity contribution >= 4 is 58.1 Å². The summed E-state index contributed by atoms with van der Waals surface area (Å²) in [4.78, 5) is 37.5. The van der Waals surface area contributed by atoms with Crippen LogP contribution < -0.4 is 20.7 Å². The van der Waals surface area contributed by atoms with E-state index in [4.69, 9.17) is 27.9 Å². The summed E-state index contributed by atoms with van der Waals surface area (Å²) >= 11 is 12.9. The number of aliphatic imine (C=N–C) groups is 2.